The van der Waals surface area contributed by atoms with E-state index in [-0.39, 0.29) is 18.0 Å². The van der Waals surface area contributed by atoms with Gasteiger partial charge in [0, 0.05) is 23.7 Å². The van der Waals surface area contributed by atoms with Gasteiger partial charge in [0.15, 0.2) is 5.69 Å². The monoisotopic (exact) mass is 350 g/mol. The molecule has 0 radical (unpaired) electrons. The number of carbonyl (C=O) groups is 1. The van der Waals surface area contributed by atoms with Gasteiger partial charge >= 0.3 is 0 Å². The predicted octanol–water partition coefficient (Wildman–Crippen LogP) is 2.12. The van der Waals surface area contributed by atoms with E-state index >= 15 is 0 Å². The highest BCUT2D eigenvalue weighted by Gasteiger charge is 2.23. The van der Waals surface area contributed by atoms with E-state index < -0.39 is 0 Å². The smallest absolute Gasteiger partial charge is 0.273 e. The summed E-state index contributed by atoms with van der Waals surface area (Å²) in [7, 11) is 0. The molecule has 0 unspecified atom stereocenters. The zero-order valence-corrected chi connectivity index (χ0v) is 14.7. The van der Waals surface area contributed by atoms with Crippen LogP contribution in [0.2, 0.25) is 0 Å². The molecule has 0 spiro atoms. The molecule has 26 heavy (non-hydrogen) atoms. The number of fused-ring (bicyclic) bond motifs is 1. The van der Waals surface area contributed by atoms with Crippen LogP contribution in [-0.2, 0) is 0 Å². The Bertz CT molecular complexity index is 942. The maximum atomic E-state index is 12.6. The number of nitrogens with one attached hydrogen (secondary N) is 1. The van der Waals surface area contributed by atoms with Crippen molar-refractivity contribution in [3.63, 3.8) is 0 Å². The topological polar surface area (TPSA) is 98.7 Å². The lowest BCUT2D eigenvalue weighted by Crippen LogP contribution is -2.40. The molecule has 0 bridgehead atoms. The number of carbonyl (C=O) groups excluding carboxylic acids is 1. The largest absolute Gasteiger partial charge is 0.348 e. The Morgan fingerprint density at radius 2 is 2.04 bits per heavy atom. The van der Waals surface area contributed by atoms with Crippen LogP contribution >= 0.6 is 0 Å². The molecule has 2 aromatic heterocycles. The van der Waals surface area contributed by atoms with Crippen molar-refractivity contribution >= 4 is 16.8 Å². The summed E-state index contributed by atoms with van der Waals surface area (Å²) in [6.45, 7) is 1.86. The van der Waals surface area contributed by atoms with Crippen LogP contribution in [0.15, 0.2) is 36.5 Å². The lowest BCUT2D eigenvalue weighted by Gasteiger charge is -2.26. The van der Waals surface area contributed by atoms with Crippen LogP contribution in [0, 0.1) is 6.92 Å². The van der Waals surface area contributed by atoms with Crippen LogP contribution in [0.4, 0.5) is 0 Å². The van der Waals surface area contributed by atoms with E-state index in [0.29, 0.717) is 5.69 Å². The number of pyridine rings is 1. The van der Waals surface area contributed by atoms with Crippen molar-refractivity contribution in [1.29, 1.82) is 0 Å². The van der Waals surface area contributed by atoms with E-state index in [0.717, 1.165) is 48.0 Å². The van der Waals surface area contributed by atoms with Gasteiger partial charge in [-0.15, -0.1) is 5.10 Å². The molecule has 0 saturated heterocycles. The number of nitrogens with zero attached hydrogens (tertiary/aromatic N) is 4. The van der Waals surface area contributed by atoms with Gasteiger partial charge in [-0.05, 0) is 56.9 Å². The molecule has 7 nitrogen and oxygen atoms in total. The highest BCUT2D eigenvalue weighted by Crippen LogP contribution is 2.20. The van der Waals surface area contributed by atoms with E-state index in [2.05, 4.69) is 20.6 Å². The van der Waals surface area contributed by atoms with Gasteiger partial charge < -0.3 is 11.1 Å². The van der Waals surface area contributed by atoms with Crippen molar-refractivity contribution in [2.24, 2.45) is 5.73 Å². The van der Waals surface area contributed by atoms with Gasteiger partial charge in [0.05, 0.1) is 16.9 Å². The number of amides is 1. The van der Waals surface area contributed by atoms with Crippen molar-refractivity contribution in [3.8, 4) is 5.69 Å². The first-order valence-electron chi connectivity index (χ1n) is 8.96. The normalized spacial score (nSPS) is 20.2. The second-order valence-electron chi connectivity index (χ2n) is 6.90. The molecule has 1 fully saturated rings. The highest BCUT2D eigenvalue weighted by atomic mass is 16.2. The minimum absolute atomic E-state index is 0.165. The van der Waals surface area contributed by atoms with Gasteiger partial charge in [0.2, 0.25) is 0 Å². The maximum Gasteiger partial charge on any atom is 0.273 e. The minimum atomic E-state index is -0.170. The third kappa shape index (κ3) is 3.17. The molecule has 1 aliphatic rings. The molecule has 4 rings (SSSR count). The molecule has 3 aromatic rings. The first-order chi connectivity index (χ1) is 12.6. The molecule has 3 N–H and O–H groups in total. The van der Waals surface area contributed by atoms with Crippen LogP contribution in [0.1, 0.15) is 41.9 Å². The average molecular weight is 350 g/mol. The van der Waals surface area contributed by atoms with E-state index in [1.54, 1.807) is 10.9 Å². The summed E-state index contributed by atoms with van der Waals surface area (Å²) in [5, 5.41) is 12.4. The predicted molar refractivity (Wildman–Crippen MR) is 99.1 cm³/mol. The molecular weight excluding hydrogens is 328 g/mol. The number of nitrogens with two attached hydrogens (primary N) is 1. The fraction of sp³-hybridized carbons (Fsp3) is 0.368. The minimum Gasteiger partial charge on any atom is -0.348 e. The Hall–Kier alpha value is -2.80. The molecule has 0 atom stereocenters. The number of benzene rings is 1. The molecule has 0 aliphatic heterocycles. The quantitative estimate of drug-likeness (QED) is 0.754. The summed E-state index contributed by atoms with van der Waals surface area (Å²) in [6, 6.07) is 10.2. The lowest BCUT2D eigenvalue weighted by molar-refractivity contribution is 0.0920. The number of rotatable bonds is 3. The molecular formula is C19H22N6O. The SMILES string of the molecule is Cc1c(C(=O)NC2CCC(N)CC2)nnn1-c1ccc2ncccc2c1. The third-order valence-corrected chi connectivity index (χ3v) is 5.05. The maximum absolute atomic E-state index is 12.6. The summed E-state index contributed by atoms with van der Waals surface area (Å²) in [5.74, 6) is -0.170. The number of aromatic nitrogens is 4. The van der Waals surface area contributed by atoms with Crippen molar-refractivity contribution < 1.29 is 4.79 Å². The van der Waals surface area contributed by atoms with Gasteiger partial charge in [-0.1, -0.05) is 11.3 Å². The van der Waals surface area contributed by atoms with Gasteiger partial charge in [0.1, 0.15) is 0 Å². The molecule has 134 valence electrons. The summed E-state index contributed by atoms with van der Waals surface area (Å²) in [6.07, 6.45) is 5.49. The lowest BCUT2D eigenvalue weighted by atomic mass is 9.92. The summed E-state index contributed by atoms with van der Waals surface area (Å²) < 4.78 is 1.69. The van der Waals surface area contributed by atoms with Crippen LogP contribution < -0.4 is 11.1 Å². The van der Waals surface area contributed by atoms with Crippen molar-refractivity contribution in [2.45, 2.75) is 44.7 Å². The summed E-state index contributed by atoms with van der Waals surface area (Å²) in [4.78, 5) is 16.9. The van der Waals surface area contributed by atoms with Crippen LogP contribution in [0.3, 0.4) is 0 Å². The Balaban J connectivity index is 1.56. The van der Waals surface area contributed by atoms with Crippen LogP contribution in [-0.4, -0.2) is 38.0 Å². The zero-order chi connectivity index (χ0) is 18.1. The van der Waals surface area contributed by atoms with Crippen molar-refractivity contribution in [2.75, 3.05) is 0 Å². The molecule has 1 amide bonds. The number of hydrogen-bond donors (Lipinski definition) is 2. The van der Waals surface area contributed by atoms with E-state index in [9.17, 15) is 4.79 Å². The van der Waals surface area contributed by atoms with Gasteiger partial charge in [-0.3, -0.25) is 9.78 Å². The standard InChI is InChI=1S/C19H22N6O/c1-12-18(19(26)22-15-6-4-14(20)5-7-15)23-24-25(12)16-8-9-17-13(11-16)3-2-10-21-17/h2-3,8-11,14-15H,4-7,20H2,1H3,(H,22,26). The number of hydrogen-bond acceptors (Lipinski definition) is 5. The summed E-state index contributed by atoms with van der Waals surface area (Å²) in [5.41, 5.74) is 8.79. The second kappa shape index (κ2) is 6.84. The Morgan fingerprint density at radius 1 is 1.23 bits per heavy atom. The van der Waals surface area contributed by atoms with Gasteiger partial charge in [0.25, 0.3) is 5.91 Å². The molecule has 1 aliphatic carbocycles. The van der Waals surface area contributed by atoms with Crippen LogP contribution in [0.25, 0.3) is 16.6 Å². The van der Waals surface area contributed by atoms with E-state index in [1.165, 1.54) is 0 Å². The Morgan fingerprint density at radius 3 is 2.85 bits per heavy atom. The average Bonchev–Trinajstić information content (AvgIpc) is 3.05. The Labute approximate surface area is 151 Å². The molecule has 7 heteroatoms. The second-order valence-corrected chi connectivity index (χ2v) is 6.90. The van der Waals surface area contributed by atoms with Gasteiger partial charge in [-0.25, -0.2) is 4.68 Å². The zero-order valence-electron chi connectivity index (χ0n) is 14.7. The fourth-order valence-electron chi connectivity index (χ4n) is 3.50. The first kappa shape index (κ1) is 16.7. The first-order valence-corrected chi connectivity index (χ1v) is 8.96. The Kier molecular flexibility index (Phi) is 4.38. The van der Waals surface area contributed by atoms with Crippen molar-refractivity contribution in [3.05, 3.63) is 47.9 Å². The van der Waals surface area contributed by atoms with Crippen LogP contribution in [0.5, 0.6) is 0 Å². The van der Waals surface area contributed by atoms with Gasteiger partial charge in [-0.2, -0.15) is 0 Å². The summed E-state index contributed by atoms with van der Waals surface area (Å²) >= 11 is 0. The van der Waals surface area contributed by atoms with Crippen molar-refractivity contribution in [1.82, 2.24) is 25.3 Å². The molecule has 1 saturated carbocycles. The highest BCUT2D eigenvalue weighted by molar-refractivity contribution is 5.93. The molecule has 2 heterocycles. The van der Waals surface area contributed by atoms with E-state index in [4.69, 9.17) is 5.73 Å². The van der Waals surface area contributed by atoms with E-state index in [1.807, 2.05) is 37.3 Å². The third-order valence-electron chi connectivity index (χ3n) is 5.05. The molecule has 1 aromatic carbocycles. The fourth-order valence-corrected chi connectivity index (χ4v) is 3.50.